The fourth-order valence-corrected chi connectivity index (χ4v) is 2.83. The van der Waals surface area contributed by atoms with Gasteiger partial charge >= 0.3 is 0 Å². The van der Waals surface area contributed by atoms with Crippen LogP contribution in [0, 0.1) is 16.7 Å². The van der Waals surface area contributed by atoms with Gasteiger partial charge in [-0.2, -0.15) is 5.26 Å². The molecule has 0 aliphatic carbocycles. The van der Waals surface area contributed by atoms with E-state index in [1.807, 2.05) is 13.8 Å². The molecule has 0 spiro atoms. The normalized spacial score (nSPS) is 20.4. The molecule has 0 bridgehead atoms. The lowest BCUT2D eigenvalue weighted by Gasteiger charge is -2.19. The molecular weight excluding hydrogens is 232 g/mol. The van der Waals surface area contributed by atoms with Gasteiger partial charge in [-0.1, -0.05) is 30.3 Å². The van der Waals surface area contributed by atoms with Crippen LogP contribution in [0.4, 0.5) is 0 Å². The van der Waals surface area contributed by atoms with Gasteiger partial charge in [-0.05, 0) is 57.7 Å². The molecule has 0 saturated carbocycles. The van der Waals surface area contributed by atoms with Crippen molar-refractivity contribution >= 4 is 0 Å². The van der Waals surface area contributed by atoms with E-state index in [-0.39, 0.29) is 5.41 Å². The Labute approximate surface area is 117 Å². The van der Waals surface area contributed by atoms with Crippen molar-refractivity contribution in [1.82, 2.24) is 4.90 Å². The van der Waals surface area contributed by atoms with Crippen LogP contribution in [-0.2, 0) is 0 Å². The molecular formula is C17H24N2. The highest BCUT2D eigenvalue weighted by atomic mass is 15.1. The summed E-state index contributed by atoms with van der Waals surface area (Å²) < 4.78 is 0. The largest absolute Gasteiger partial charge is 0.303 e. The van der Waals surface area contributed by atoms with E-state index >= 15 is 0 Å². The molecule has 1 heterocycles. The van der Waals surface area contributed by atoms with E-state index < -0.39 is 0 Å². The molecule has 19 heavy (non-hydrogen) atoms. The van der Waals surface area contributed by atoms with Crippen molar-refractivity contribution in [2.24, 2.45) is 5.41 Å². The first-order valence-electron chi connectivity index (χ1n) is 7.29. The van der Waals surface area contributed by atoms with Crippen LogP contribution in [-0.4, -0.2) is 24.5 Å². The Morgan fingerprint density at radius 3 is 2.74 bits per heavy atom. The van der Waals surface area contributed by atoms with E-state index in [1.165, 1.54) is 25.1 Å². The highest BCUT2D eigenvalue weighted by molar-refractivity contribution is 5.20. The van der Waals surface area contributed by atoms with Gasteiger partial charge in [-0.3, -0.25) is 0 Å². The van der Waals surface area contributed by atoms with Crippen molar-refractivity contribution in [3.05, 3.63) is 35.9 Å². The van der Waals surface area contributed by atoms with E-state index in [9.17, 15) is 0 Å². The average molecular weight is 256 g/mol. The van der Waals surface area contributed by atoms with Gasteiger partial charge in [0.1, 0.15) is 0 Å². The van der Waals surface area contributed by atoms with Gasteiger partial charge in [0.15, 0.2) is 0 Å². The summed E-state index contributed by atoms with van der Waals surface area (Å²) >= 11 is 0. The summed E-state index contributed by atoms with van der Waals surface area (Å²) in [5.41, 5.74) is 1.31. The third-order valence-electron chi connectivity index (χ3n) is 4.12. The Morgan fingerprint density at radius 2 is 2.05 bits per heavy atom. The molecule has 2 nitrogen and oxygen atoms in total. The van der Waals surface area contributed by atoms with Crippen LogP contribution >= 0.6 is 0 Å². The van der Waals surface area contributed by atoms with Crippen LogP contribution in [0.3, 0.4) is 0 Å². The molecule has 0 radical (unpaired) electrons. The minimum atomic E-state index is -0.168. The summed E-state index contributed by atoms with van der Waals surface area (Å²) in [4.78, 5) is 2.55. The van der Waals surface area contributed by atoms with E-state index in [0.717, 1.165) is 19.4 Å². The van der Waals surface area contributed by atoms with Crippen LogP contribution < -0.4 is 0 Å². The fraction of sp³-hybridized carbons (Fsp3) is 0.588. The van der Waals surface area contributed by atoms with Gasteiger partial charge in [0, 0.05) is 6.54 Å². The molecule has 1 unspecified atom stereocenters. The van der Waals surface area contributed by atoms with Crippen molar-refractivity contribution < 1.29 is 0 Å². The first kappa shape index (κ1) is 14.1. The summed E-state index contributed by atoms with van der Waals surface area (Å²) in [6, 6.07) is 13.2. The molecule has 2 rings (SSSR count). The molecule has 2 heteroatoms. The quantitative estimate of drug-likeness (QED) is 0.801. The van der Waals surface area contributed by atoms with Crippen LogP contribution in [0.1, 0.15) is 44.6 Å². The van der Waals surface area contributed by atoms with Gasteiger partial charge in [-0.15, -0.1) is 0 Å². The Bertz CT molecular complexity index is 430. The number of hydrogen-bond donors (Lipinski definition) is 0. The molecule has 0 N–H and O–H groups in total. The smallest absolute Gasteiger partial charge is 0.0683 e. The minimum Gasteiger partial charge on any atom is -0.303 e. The van der Waals surface area contributed by atoms with Crippen LogP contribution in [0.25, 0.3) is 0 Å². The maximum atomic E-state index is 9.01. The second-order valence-corrected chi connectivity index (χ2v) is 6.30. The van der Waals surface area contributed by atoms with Gasteiger partial charge in [-0.25, -0.2) is 0 Å². The van der Waals surface area contributed by atoms with Crippen molar-refractivity contribution in [1.29, 1.82) is 5.26 Å². The molecule has 1 fully saturated rings. The second kappa shape index (κ2) is 6.21. The summed E-state index contributed by atoms with van der Waals surface area (Å²) in [5, 5.41) is 9.01. The second-order valence-electron chi connectivity index (χ2n) is 6.30. The topological polar surface area (TPSA) is 27.0 Å². The lowest BCUT2D eigenvalue weighted by molar-refractivity contribution is 0.303. The summed E-state index contributed by atoms with van der Waals surface area (Å²) in [7, 11) is 0. The molecule has 1 aliphatic rings. The first-order chi connectivity index (χ1) is 9.11. The number of nitriles is 1. The molecule has 1 saturated heterocycles. The molecule has 0 amide bonds. The first-order valence-corrected chi connectivity index (χ1v) is 7.29. The highest BCUT2D eigenvalue weighted by Crippen LogP contribution is 2.28. The molecule has 1 aliphatic heterocycles. The predicted octanol–water partition coefficient (Wildman–Crippen LogP) is 3.81. The van der Waals surface area contributed by atoms with E-state index in [2.05, 4.69) is 41.3 Å². The van der Waals surface area contributed by atoms with E-state index in [1.54, 1.807) is 0 Å². The standard InChI is InChI=1S/C17H24N2/c1-17(2,14-18)10-6-11-19-12-9-16(13-19)15-7-4-3-5-8-15/h3-5,7-8,16H,6,9-13H2,1-2H3. The summed E-state index contributed by atoms with van der Waals surface area (Å²) in [5.74, 6) is 0.699. The van der Waals surface area contributed by atoms with Crippen LogP contribution in [0.2, 0.25) is 0 Å². The van der Waals surface area contributed by atoms with Gasteiger partial charge in [0.05, 0.1) is 11.5 Å². The van der Waals surface area contributed by atoms with E-state index in [0.29, 0.717) is 5.92 Å². The Hall–Kier alpha value is -1.33. The zero-order valence-corrected chi connectivity index (χ0v) is 12.1. The third kappa shape index (κ3) is 4.08. The Balaban J connectivity index is 1.76. The van der Waals surface area contributed by atoms with Crippen molar-refractivity contribution in [2.45, 2.75) is 39.0 Å². The molecule has 1 aromatic rings. The number of rotatable bonds is 5. The Kier molecular flexibility index (Phi) is 4.61. The SMILES string of the molecule is CC(C)(C#N)CCCN1CCC(c2ccccc2)C1. The monoisotopic (exact) mass is 256 g/mol. The lowest BCUT2D eigenvalue weighted by Crippen LogP contribution is -2.23. The van der Waals surface area contributed by atoms with Gasteiger partial charge in [0.2, 0.25) is 0 Å². The summed E-state index contributed by atoms with van der Waals surface area (Å²) in [6.45, 7) is 7.57. The van der Waals surface area contributed by atoms with Crippen molar-refractivity contribution in [2.75, 3.05) is 19.6 Å². The zero-order chi connectivity index (χ0) is 13.7. The lowest BCUT2D eigenvalue weighted by atomic mass is 9.90. The predicted molar refractivity (Wildman–Crippen MR) is 78.9 cm³/mol. The fourth-order valence-electron chi connectivity index (χ4n) is 2.83. The zero-order valence-electron chi connectivity index (χ0n) is 12.1. The number of hydrogen-bond acceptors (Lipinski definition) is 2. The minimum absolute atomic E-state index is 0.168. The molecule has 1 aromatic carbocycles. The molecule has 102 valence electrons. The third-order valence-corrected chi connectivity index (χ3v) is 4.12. The van der Waals surface area contributed by atoms with E-state index in [4.69, 9.17) is 5.26 Å². The Morgan fingerprint density at radius 1 is 1.32 bits per heavy atom. The summed E-state index contributed by atoms with van der Waals surface area (Å²) in [6.07, 6.45) is 3.39. The maximum absolute atomic E-state index is 9.01. The van der Waals surface area contributed by atoms with Crippen LogP contribution in [0.15, 0.2) is 30.3 Å². The van der Waals surface area contributed by atoms with Gasteiger partial charge < -0.3 is 4.90 Å². The number of benzene rings is 1. The number of likely N-dealkylation sites (tertiary alicyclic amines) is 1. The molecule has 1 atom stereocenters. The van der Waals surface area contributed by atoms with Crippen molar-refractivity contribution in [3.8, 4) is 6.07 Å². The average Bonchev–Trinajstić information content (AvgIpc) is 2.88. The van der Waals surface area contributed by atoms with Gasteiger partial charge in [0.25, 0.3) is 0 Å². The molecule has 0 aromatic heterocycles. The van der Waals surface area contributed by atoms with Crippen molar-refractivity contribution in [3.63, 3.8) is 0 Å². The maximum Gasteiger partial charge on any atom is 0.0683 e. The number of nitrogens with zero attached hydrogens (tertiary/aromatic N) is 2. The highest BCUT2D eigenvalue weighted by Gasteiger charge is 2.24. The van der Waals surface area contributed by atoms with Crippen LogP contribution in [0.5, 0.6) is 0 Å².